The maximum absolute atomic E-state index is 9.55. The molecule has 1 aromatic rings. The fourth-order valence-corrected chi connectivity index (χ4v) is 1.58. The summed E-state index contributed by atoms with van der Waals surface area (Å²) in [4.78, 5) is 0. The van der Waals surface area contributed by atoms with E-state index in [-0.39, 0.29) is 11.3 Å². The molecular weight excluding hydrogens is 198 g/mol. The highest BCUT2D eigenvalue weighted by Gasteiger charge is 2.13. The average molecular weight is 214 g/mol. The molecule has 0 bridgehead atoms. The third kappa shape index (κ3) is 2.89. The summed E-state index contributed by atoms with van der Waals surface area (Å²) in [6.45, 7) is 5.67. The van der Waals surface area contributed by atoms with Crippen LogP contribution < -0.4 is 5.73 Å². The van der Waals surface area contributed by atoms with Gasteiger partial charge in [0.2, 0.25) is 0 Å². The van der Waals surface area contributed by atoms with Crippen LogP contribution in [0.2, 0.25) is 5.02 Å². The first-order chi connectivity index (χ1) is 6.29. The zero-order chi connectivity index (χ0) is 10.9. The second kappa shape index (κ2) is 3.79. The van der Waals surface area contributed by atoms with Crippen molar-refractivity contribution in [3.8, 4) is 5.75 Å². The lowest BCUT2D eigenvalue weighted by Crippen LogP contribution is -2.34. The van der Waals surface area contributed by atoms with Crippen LogP contribution in [0.4, 0.5) is 0 Å². The molecule has 3 heteroatoms. The van der Waals surface area contributed by atoms with E-state index in [1.807, 2.05) is 19.9 Å². The van der Waals surface area contributed by atoms with E-state index >= 15 is 0 Å². The summed E-state index contributed by atoms with van der Waals surface area (Å²) in [5, 5.41) is 10.1. The van der Waals surface area contributed by atoms with Gasteiger partial charge in [0, 0.05) is 16.1 Å². The summed E-state index contributed by atoms with van der Waals surface area (Å²) in [5.41, 5.74) is 7.27. The Morgan fingerprint density at radius 2 is 2.00 bits per heavy atom. The predicted octanol–water partition coefficient (Wildman–Crippen LogP) is 2.63. The van der Waals surface area contributed by atoms with Crippen LogP contribution in [-0.2, 0) is 6.42 Å². The van der Waals surface area contributed by atoms with Crippen molar-refractivity contribution in [2.75, 3.05) is 0 Å². The van der Waals surface area contributed by atoms with E-state index < -0.39 is 0 Å². The minimum Gasteiger partial charge on any atom is -0.508 e. The minimum absolute atomic E-state index is 0.233. The topological polar surface area (TPSA) is 46.2 Å². The fourth-order valence-electron chi connectivity index (χ4n) is 1.35. The number of phenolic OH excluding ortho intramolecular Hbond substituents is 1. The zero-order valence-electron chi connectivity index (χ0n) is 8.76. The van der Waals surface area contributed by atoms with E-state index in [4.69, 9.17) is 17.3 Å². The number of rotatable bonds is 2. The Morgan fingerprint density at radius 3 is 2.43 bits per heavy atom. The quantitative estimate of drug-likeness (QED) is 0.794. The molecule has 0 aliphatic heterocycles. The second-order valence-electron chi connectivity index (χ2n) is 4.39. The summed E-state index contributed by atoms with van der Waals surface area (Å²) in [6, 6.07) is 3.57. The maximum atomic E-state index is 9.55. The summed E-state index contributed by atoms with van der Waals surface area (Å²) >= 11 is 5.95. The van der Waals surface area contributed by atoms with Crippen molar-refractivity contribution in [1.82, 2.24) is 0 Å². The number of aromatic hydroxyl groups is 1. The number of halogens is 1. The van der Waals surface area contributed by atoms with Crippen LogP contribution in [0.5, 0.6) is 5.75 Å². The van der Waals surface area contributed by atoms with Crippen LogP contribution in [0.25, 0.3) is 0 Å². The fraction of sp³-hybridized carbons (Fsp3) is 0.455. The van der Waals surface area contributed by atoms with Crippen molar-refractivity contribution < 1.29 is 5.11 Å². The highest BCUT2D eigenvalue weighted by Crippen LogP contribution is 2.27. The molecule has 0 amide bonds. The van der Waals surface area contributed by atoms with Gasteiger partial charge in [0.05, 0.1) is 0 Å². The number of phenols is 1. The van der Waals surface area contributed by atoms with Gasteiger partial charge in [-0.05, 0) is 44.9 Å². The highest BCUT2D eigenvalue weighted by molar-refractivity contribution is 6.31. The van der Waals surface area contributed by atoms with E-state index in [0.717, 1.165) is 5.56 Å². The van der Waals surface area contributed by atoms with Crippen molar-refractivity contribution in [3.05, 3.63) is 28.3 Å². The normalized spacial score (nSPS) is 11.8. The second-order valence-corrected chi connectivity index (χ2v) is 4.79. The van der Waals surface area contributed by atoms with Gasteiger partial charge in [0.1, 0.15) is 5.75 Å². The Kier molecular flexibility index (Phi) is 3.07. The SMILES string of the molecule is Cc1c(O)cc(CC(C)(C)N)cc1Cl. The molecule has 0 spiro atoms. The Hall–Kier alpha value is -0.730. The molecule has 78 valence electrons. The maximum Gasteiger partial charge on any atom is 0.120 e. The number of hydrogen-bond donors (Lipinski definition) is 2. The van der Waals surface area contributed by atoms with E-state index in [1.165, 1.54) is 0 Å². The Bertz CT molecular complexity index is 319. The largest absolute Gasteiger partial charge is 0.508 e. The third-order valence-corrected chi connectivity index (χ3v) is 2.43. The molecule has 0 heterocycles. The van der Waals surface area contributed by atoms with E-state index in [2.05, 4.69) is 0 Å². The van der Waals surface area contributed by atoms with Crippen LogP contribution in [0.1, 0.15) is 25.0 Å². The monoisotopic (exact) mass is 213 g/mol. The Labute approximate surface area is 89.7 Å². The lowest BCUT2D eigenvalue weighted by Gasteiger charge is -2.19. The Balaban J connectivity index is 3.02. The molecule has 1 aromatic carbocycles. The van der Waals surface area contributed by atoms with Crippen LogP contribution in [0, 0.1) is 6.92 Å². The molecule has 1 rings (SSSR count). The zero-order valence-corrected chi connectivity index (χ0v) is 9.52. The van der Waals surface area contributed by atoms with Crippen LogP contribution in [0.15, 0.2) is 12.1 Å². The third-order valence-electron chi connectivity index (χ3n) is 2.04. The molecule has 0 aliphatic rings. The van der Waals surface area contributed by atoms with Gasteiger partial charge in [0.15, 0.2) is 0 Å². The van der Waals surface area contributed by atoms with Crippen molar-refractivity contribution in [2.24, 2.45) is 5.73 Å². The van der Waals surface area contributed by atoms with Gasteiger partial charge in [-0.3, -0.25) is 0 Å². The van der Waals surface area contributed by atoms with Gasteiger partial charge in [-0.1, -0.05) is 11.6 Å². The average Bonchev–Trinajstić information content (AvgIpc) is 1.96. The molecule has 2 nitrogen and oxygen atoms in total. The molecular formula is C11H16ClNO. The highest BCUT2D eigenvalue weighted by atomic mass is 35.5. The molecule has 0 unspecified atom stereocenters. The summed E-state index contributed by atoms with van der Waals surface area (Å²) < 4.78 is 0. The summed E-state index contributed by atoms with van der Waals surface area (Å²) in [6.07, 6.45) is 0.695. The van der Waals surface area contributed by atoms with Gasteiger partial charge < -0.3 is 10.8 Å². The number of nitrogens with two attached hydrogens (primary N) is 1. The summed E-state index contributed by atoms with van der Waals surface area (Å²) in [7, 11) is 0. The van der Waals surface area contributed by atoms with Crippen LogP contribution in [0.3, 0.4) is 0 Å². The predicted molar refractivity (Wildman–Crippen MR) is 59.8 cm³/mol. The van der Waals surface area contributed by atoms with Gasteiger partial charge in [-0.25, -0.2) is 0 Å². The van der Waals surface area contributed by atoms with Gasteiger partial charge in [0.25, 0.3) is 0 Å². The standard InChI is InChI=1S/C11H16ClNO/c1-7-9(12)4-8(5-10(7)14)6-11(2,3)13/h4-5,14H,6,13H2,1-3H3. The van der Waals surface area contributed by atoms with E-state index in [1.54, 1.807) is 13.0 Å². The molecule has 0 fully saturated rings. The molecule has 0 atom stereocenters. The molecule has 0 aromatic heterocycles. The van der Waals surface area contributed by atoms with Crippen molar-refractivity contribution in [2.45, 2.75) is 32.7 Å². The first-order valence-corrected chi connectivity index (χ1v) is 4.94. The minimum atomic E-state index is -0.287. The molecule has 0 saturated heterocycles. The molecule has 3 N–H and O–H groups in total. The number of benzene rings is 1. The van der Waals surface area contributed by atoms with E-state index in [9.17, 15) is 5.11 Å². The number of hydrogen-bond acceptors (Lipinski definition) is 2. The lowest BCUT2D eigenvalue weighted by atomic mass is 9.95. The van der Waals surface area contributed by atoms with Gasteiger partial charge >= 0.3 is 0 Å². The van der Waals surface area contributed by atoms with Crippen molar-refractivity contribution >= 4 is 11.6 Å². The first kappa shape index (κ1) is 11.3. The van der Waals surface area contributed by atoms with Crippen LogP contribution >= 0.6 is 11.6 Å². The molecule has 0 radical (unpaired) electrons. The van der Waals surface area contributed by atoms with Gasteiger partial charge in [-0.2, -0.15) is 0 Å². The molecule has 0 saturated carbocycles. The lowest BCUT2D eigenvalue weighted by molar-refractivity contribution is 0.467. The van der Waals surface area contributed by atoms with E-state index in [0.29, 0.717) is 17.0 Å². The van der Waals surface area contributed by atoms with Crippen molar-refractivity contribution in [1.29, 1.82) is 0 Å². The Morgan fingerprint density at radius 1 is 1.43 bits per heavy atom. The summed E-state index contributed by atoms with van der Waals surface area (Å²) in [5.74, 6) is 0.233. The molecule has 14 heavy (non-hydrogen) atoms. The smallest absolute Gasteiger partial charge is 0.120 e. The van der Waals surface area contributed by atoms with Crippen molar-refractivity contribution in [3.63, 3.8) is 0 Å². The van der Waals surface area contributed by atoms with Crippen LogP contribution in [-0.4, -0.2) is 10.6 Å². The first-order valence-electron chi connectivity index (χ1n) is 4.56. The molecule has 0 aliphatic carbocycles. The van der Waals surface area contributed by atoms with Gasteiger partial charge in [-0.15, -0.1) is 0 Å².